The third-order valence-electron chi connectivity index (χ3n) is 8.93. The van der Waals surface area contributed by atoms with E-state index in [0.717, 1.165) is 39.1 Å². The second-order valence-corrected chi connectivity index (χ2v) is 10.7. The summed E-state index contributed by atoms with van der Waals surface area (Å²) >= 11 is 0. The van der Waals surface area contributed by atoms with Gasteiger partial charge in [0.25, 0.3) is 5.91 Å². The molecule has 1 amide bonds. The Morgan fingerprint density at radius 1 is 1.23 bits per heavy atom. The number of nitrogens with zero attached hydrogens (tertiary/aromatic N) is 2. The highest BCUT2D eigenvalue weighted by molar-refractivity contribution is 5.91. The van der Waals surface area contributed by atoms with Gasteiger partial charge in [-0.3, -0.25) is 14.5 Å². The largest absolute Gasteiger partial charge is 0.462 e. The van der Waals surface area contributed by atoms with E-state index >= 15 is 0 Å². The fourth-order valence-corrected chi connectivity index (χ4v) is 7.13. The molecule has 3 saturated heterocycles. The number of carbonyl (C=O) groups excluding carboxylic acids is 2. The highest BCUT2D eigenvalue weighted by Gasteiger charge is 2.65. The molecule has 5 fully saturated rings. The average molecular weight is 429 g/mol. The molecule has 7 heteroatoms. The number of furan rings is 1. The Kier molecular flexibility index (Phi) is 4.52. The Bertz CT molecular complexity index is 857. The molecule has 3 aliphatic heterocycles. The van der Waals surface area contributed by atoms with Crippen LogP contribution in [0.1, 0.15) is 49.6 Å². The molecule has 0 unspecified atom stereocenters. The molecule has 0 radical (unpaired) electrons. The molecule has 0 N–H and O–H groups in total. The van der Waals surface area contributed by atoms with Gasteiger partial charge in [0.15, 0.2) is 5.76 Å². The van der Waals surface area contributed by atoms with Gasteiger partial charge < -0.3 is 18.8 Å². The standard InChI is InChI=1S/C24H32N2O5/c1-23-5-3-6-24(15-30-24)20(23)12-16-17(22(28)31-19(16)13-23)14-25-7-9-26(10-8-25)21(27)18-4-2-11-29-18/h2,4,11,16-17,19-20H,3,5-10,12-15H2,1H3/t16-,17+,19-,20+,23-,24+/m1/s1. The van der Waals surface area contributed by atoms with Crippen LogP contribution in [0.3, 0.4) is 0 Å². The molecular weight excluding hydrogens is 396 g/mol. The van der Waals surface area contributed by atoms with E-state index in [9.17, 15) is 9.59 Å². The van der Waals surface area contributed by atoms with E-state index in [1.54, 1.807) is 12.1 Å². The second kappa shape index (κ2) is 7.07. The van der Waals surface area contributed by atoms with Crippen molar-refractivity contribution in [2.75, 3.05) is 39.3 Å². The number of fused-ring (bicyclic) bond motifs is 3. The highest BCUT2D eigenvalue weighted by Crippen LogP contribution is 2.62. The van der Waals surface area contributed by atoms with Gasteiger partial charge in [-0.1, -0.05) is 6.92 Å². The van der Waals surface area contributed by atoms with Crippen LogP contribution in [-0.4, -0.2) is 72.7 Å². The maximum Gasteiger partial charge on any atom is 0.310 e. The molecule has 168 valence electrons. The Labute approximate surface area is 183 Å². The lowest BCUT2D eigenvalue weighted by molar-refractivity contribution is -0.147. The number of piperazine rings is 1. The lowest BCUT2D eigenvalue weighted by Gasteiger charge is -2.51. The number of ether oxygens (including phenoxy) is 2. The molecule has 4 heterocycles. The van der Waals surface area contributed by atoms with Crippen LogP contribution in [0.15, 0.2) is 22.8 Å². The van der Waals surface area contributed by atoms with Crippen LogP contribution in [0.2, 0.25) is 0 Å². The average Bonchev–Trinajstić information content (AvgIpc) is 3.19. The molecular formula is C24H32N2O5. The summed E-state index contributed by atoms with van der Waals surface area (Å²) in [5.41, 5.74) is 0.328. The third kappa shape index (κ3) is 3.23. The number of esters is 1. The summed E-state index contributed by atoms with van der Waals surface area (Å²) in [7, 11) is 0. The van der Waals surface area contributed by atoms with Gasteiger partial charge in [0.2, 0.25) is 0 Å². The summed E-state index contributed by atoms with van der Waals surface area (Å²) in [5.74, 6) is 1.12. The zero-order valence-electron chi connectivity index (χ0n) is 18.3. The van der Waals surface area contributed by atoms with Crippen molar-refractivity contribution >= 4 is 11.9 Å². The van der Waals surface area contributed by atoms with Crippen LogP contribution in [-0.2, 0) is 14.3 Å². The molecule has 1 aromatic heterocycles. The van der Waals surface area contributed by atoms with Gasteiger partial charge in [0, 0.05) is 38.6 Å². The second-order valence-electron chi connectivity index (χ2n) is 10.7. The zero-order valence-corrected chi connectivity index (χ0v) is 18.3. The Balaban J connectivity index is 1.11. The van der Waals surface area contributed by atoms with Crippen molar-refractivity contribution in [3.63, 3.8) is 0 Å². The predicted octanol–water partition coefficient (Wildman–Crippen LogP) is 2.56. The predicted molar refractivity (Wildman–Crippen MR) is 111 cm³/mol. The number of hydrogen-bond acceptors (Lipinski definition) is 6. The minimum atomic E-state index is -0.0559. The van der Waals surface area contributed by atoms with E-state index in [-0.39, 0.29) is 34.9 Å². The van der Waals surface area contributed by atoms with Crippen molar-refractivity contribution in [3.05, 3.63) is 24.2 Å². The van der Waals surface area contributed by atoms with Crippen molar-refractivity contribution in [1.82, 2.24) is 9.80 Å². The van der Waals surface area contributed by atoms with Crippen LogP contribution in [0, 0.1) is 23.2 Å². The van der Waals surface area contributed by atoms with Gasteiger partial charge in [0.05, 0.1) is 24.4 Å². The first-order chi connectivity index (χ1) is 15.0. The maximum absolute atomic E-state index is 12.9. The van der Waals surface area contributed by atoms with Gasteiger partial charge in [-0.05, 0) is 55.6 Å². The summed E-state index contributed by atoms with van der Waals surface area (Å²) in [5, 5.41) is 0. The van der Waals surface area contributed by atoms with E-state index in [4.69, 9.17) is 13.9 Å². The fraction of sp³-hybridized carbons (Fsp3) is 0.750. The van der Waals surface area contributed by atoms with Gasteiger partial charge >= 0.3 is 5.97 Å². The van der Waals surface area contributed by atoms with Crippen LogP contribution in [0.5, 0.6) is 0 Å². The molecule has 1 aromatic rings. The third-order valence-corrected chi connectivity index (χ3v) is 8.93. The monoisotopic (exact) mass is 428 g/mol. The van der Waals surface area contributed by atoms with Crippen LogP contribution in [0.25, 0.3) is 0 Å². The molecule has 7 nitrogen and oxygen atoms in total. The van der Waals surface area contributed by atoms with Gasteiger partial charge in [-0.2, -0.15) is 0 Å². The maximum atomic E-state index is 12.9. The summed E-state index contributed by atoms with van der Waals surface area (Å²) < 4.78 is 17.2. The smallest absolute Gasteiger partial charge is 0.310 e. The normalized spacial score (nSPS) is 42.2. The van der Waals surface area contributed by atoms with E-state index in [0.29, 0.717) is 30.7 Å². The van der Waals surface area contributed by atoms with Crippen LogP contribution in [0.4, 0.5) is 0 Å². The quantitative estimate of drug-likeness (QED) is 0.544. The molecule has 0 bridgehead atoms. The summed E-state index contributed by atoms with van der Waals surface area (Å²) in [6.07, 6.45) is 7.26. The van der Waals surface area contributed by atoms with Crippen LogP contribution < -0.4 is 0 Å². The fourth-order valence-electron chi connectivity index (χ4n) is 7.13. The summed E-state index contributed by atoms with van der Waals surface area (Å²) in [6.45, 7) is 6.91. The van der Waals surface area contributed by atoms with Crippen LogP contribution >= 0.6 is 0 Å². The molecule has 0 aromatic carbocycles. The Morgan fingerprint density at radius 3 is 2.74 bits per heavy atom. The van der Waals surface area contributed by atoms with Gasteiger partial charge in [-0.15, -0.1) is 0 Å². The number of carbonyl (C=O) groups is 2. The lowest BCUT2D eigenvalue weighted by atomic mass is 9.53. The molecule has 31 heavy (non-hydrogen) atoms. The van der Waals surface area contributed by atoms with E-state index in [2.05, 4.69) is 11.8 Å². The highest BCUT2D eigenvalue weighted by atomic mass is 16.6. The minimum Gasteiger partial charge on any atom is -0.462 e. The Morgan fingerprint density at radius 2 is 2.03 bits per heavy atom. The first-order valence-corrected chi connectivity index (χ1v) is 11.9. The zero-order chi connectivity index (χ0) is 21.2. The lowest BCUT2D eigenvalue weighted by Crippen LogP contribution is -2.53. The summed E-state index contributed by atoms with van der Waals surface area (Å²) in [4.78, 5) is 29.6. The first-order valence-electron chi connectivity index (χ1n) is 11.9. The molecule has 5 aliphatic rings. The van der Waals surface area contributed by atoms with Crippen molar-refractivity contribution < 1.29 is 23.5 Å². The molecule has 2 aliphatic carbocycles. The van der Waals surface area contributed by atoms with E-state index in [1.807, 2.05) is 4.90 Å². The van der Waals surface area contributed by atoms with Crippen molar-refractivity contribution in [2.24, 2.45) is 23.2 Å². The van der Waals surface area contributed by atoms with Gasteiger partial charge in [-0.25, -0.2) is 0 Å². The molecule has 6 atom stereocenters. The number of amides is 1. The first kappa shape index (κ1) is 19.8. The summed E-state index contributed by atoms with van der Waals surface area (Å²) in [6, 6.07) is 3.45. The van der Waals surface area contributed by atoms with E-state index in [1.165, 1.54) is 25.5 Å². The number of hydrogen-bond donors (Lipinski definition) is 0. The van der Waals surface area contributed by atoms with Crippen molar-refractivity contribution in [3.8, 4) is 0 Å². The topological polar surface area (TPSA) is 75.5 Å². The molecule has 6 rings (SSSR count). The Hall–Kier alpha value is -1.86. The molecule has 1 spiro atoms. The van der Waals surface area contributed by atoms with Crippen molar-refractivity contribution in [1.29, 1.82) is 0 Å². The van der Waals surface area contributed by atoms with Crippen molar-refractivity contribution in [2.45, 2.75) is 50.7 Å². The van der Waals surface area contributed by atoms with E-state index < -0.39 is 0 Å². The number of epoxide rings is 1. The molecule has 2 saturated carbocycles. The minimum absolute atomic E-state index is 0.0166. The van der Waals surface area contributed by atoms with Gasteiger partial charge in [0.1, 0.15) is 6.10 Å². The SMILES string of the molecule is C[C@]12CCC[C@]3(CO3)[C@H]1C[C@@H]1[C@H](CN3CCN(C(=O)c4ccco4)CC3)C(=O)O[C@@H]1C2. The number of rotatable bonds is 3.